The summed E-state index contributed by atoms with van der Waals surface area (Å²) in [5, 5.41) is 12.5. The Labute approximate surface area is 177 Å². The van der Waals surface area contributed by atoms with E-state index in [1.54, 1.807) is 36.4 Å². The Morgan fingerprint density at radius 1 is 1.14 bits per heavy atom. The predicted molar refractivity (Wildman–Crippen MR) is 113 cm³/mol. The molecule has 0 atom stereocenters. The van der Waals surface area contributed by atoms with Crippen LogP contribution in [0.5, 0.6) is 0 Å². The summed E-state index contributed by atoms with van der Waals surface area (Å²) >= 11 is 7.22. The fourth-order valence-corrected chi connectivity index (χ4v) is 3.62. The summed E-state index contributed by atoms with van der Waals surface area (Å²) in [5.41, 5.74) is 1.60. The first-order valence-corrected chi connectivity index (χ1v) is 10.2. The van der Waals surface area contributed by atoms with Crippen molar-refractivity contribution in [2.45, 2.75) is 18.6 Å². The number of halogens is 1. The molecular formula is C20H19ClN4O3S. The van der Waals surface area contributed by atoms with E-state index >= 15 is 0 Å². The lowest BCUT2D eigenvalue weighted by molar-refractivity contribution is -0.113. The van der Waals surface area contributed by atoms with E-state index in [2.05, 4.69) is 15.5 Å². The second kappa shape index (κ2) is 9.58. The topological polar surface area (TPSA) is 86.1 Å². The number of aromatic nitrogens is 3. The minimum atomic E-state index is -0.508. The van der Waals surface area contributed by atoms with Crippen molar-refractivity contribution in [3.63, 3.8) is 0 Å². The fourth-order valence-electron chi connectivity index (χ4n) is 2.69. The summed E-state index contributed by atoms with van der Waals surface area (Å²) in [6, 6.07) is 14.0. The van der Waals surface area contributed by atoms with Crippen LogP contribution in [0.4, 0.5) is 5.69 Å². The van der Waals surface area contributed by atoms with Crippen LogP contribution in [0.15, 0.2) is 53.7 Å². The highest BCUT2D eigenvalue weighted by atomic mass is 35.5. The molecule has 0 aliphatic carbocycles. The van der Waals surface area contributed by atoms with Crippen LogP contribution in [-0.4, -0.2) is 39.5 Å². The number of esters is 1. The van der Waals surface area contributed by atoms with E-state index in [0.29, 0.717) is 33.8 Å². The number of methoxy groups -OCH3 is 1. The predicted octanol–water partition coefficient (Wildman–Crippen LogP) is 4.14. The standard InChI is InChI=1S/C20H19ClN4O3S/c1-3-25-18(13-8-10-14(21)11-9-13)23-24-20(25)29-12-17(26)22-16-7-5-4-6-15(16)19(27)28-2/h4-11H,3,12H2,1-2H3,(H,22,26). The van der Waals surface area contributed by atoms with Crippen molar-refractivity contribution < 1.29 is 14.3 Å². The first-order chi connectivity index (χ1) is 14.0. The normalized spacial score (nSPS) is 10.6. The molecule has 1 amide bonds. The van der Waals surface area contributed by atoms with Gasteiger partial charge in [-0.1, -0.05) is 35.5 Å². The van der Waals surface area contributed by atoms with E-state index in [4.69, 9.17) is 16.3 Å². The third kappa shape index (κ3) is 4.96. The van der Waals surface area contributed by atoms with Gasteiger partial charge in [0.2, 0.25) is 5.91 Å². The maximum atomic E-state index is 12.4. The van der Waals surface area contributed by atoms with Gasteiger partial charge in [0.15, 0.2) is 11.0 Å². The molecule has 0 fully saturated rings. The number of rotatable bonds is 7. The van der Waals surface area contributed by atoms with Crippen LogP contribution in [0.25, 0.3) is 11.4 Å². The van der Waals surface area contributed by atoms with Crippen LogP contribution in [0.1, 0.15) is 17.3 Å². The summed E-state index contributed by atoms with van der Waals surface area (Å²) in [5.74, 6) is 0.0638. The molecule has 3 aromatic rings. The number of benzene rings is 2. The summed E-state index contributed by atoms with van der Waals surface area (Å²) < 4.78 is 6.68. The van der Waals surface area contributed by atoms with Gasteiger partial charge in [-0.15, -0.1) is 10.2 Å². The largest absolute Gasteiger partial charge is 0.465 e. The molecule has 0 spiro atoms. The van der Waals surface area contributed by atoms with E-state index < -0.39 is 5.97 Å². The molecule has 1 heterocycles. The van der Waals surface area contributed by atoms with Crippen molar-refractivity contribution >= 4 is 40.9 Å². The molecule has 0 radical (unpaired) electrons. The molecule has 0 saturated heterocycles. The number of para-hydroxylation sites is 1. The second-order valence-corrected chi connectivity index (χ2v) is 7.31. The Balaban J connectivity index is 1.70. The Kier molecular flexibility index (Phi) is 6.90. The van der Waals surface area contributed by atoms with Gasteiger partial charge in [-0.25, -0.2) is 4.79 Å². The zero-order chi connectivity index (χ0) is 20.8. The molecule has 0 saturated carbocycles. The van der Waals surface area contributed by atoms with Gasteiger partial charge < -0.3 is 14.6 Å². The Morgan fingerprint density at radius 3 is 2.55 bits per heavy atom. The number of hydrogen-bond donors (Lipinski definition) is 1. The van der Waals surface area contributed by atoms with Gasteiger partial charge in [-0.3, -0.25) is 4.79 Å². The number of ether oxygens (including phenoxy) is 1. The van der Waals surface area contributed by atoms with Crippen LogP contribution < -0.4 is 5.32 Å². The number of nitrogens with one attached hydrogen (secondary N) is 1. The van der Waals surface area contributed by atoms with Gasteiger partial charge >= 0.3 is 5.97 Å². The first-order valence-electron chi connectivity index (χ1n) is 8.82. The van der Waals surface area contributed by atoms with Crippen molar-refractivity contribution in [1.29, 1.82) is 0 Å². The number of nitrogens with zero attached hydrogens (tertiary/aromatic N) is 3. The van der Waals surface area contributed by atoms with E-state index in [1.807, 2.05) is 23.6 Å². The summed E-state index contributed by atoms with van der Waals surface area (Å²) in [7, 11) is 1.30. The summed E-state index contributed by atoms with van der Waals surface area (Å²) in [4.78, 5) is 24.2. The van der Waals surface area contributed by atoms with E-state index in [9.17, 15) is 9.59 Å². The lowest BCUT2D eigenvalue weighted by Gasteiger charge is -2.10. The van der Waals surface area contributed by atoms with Crippen molar-refractivity contribution in [2.75, 3.05) is 18.2 Å². The number of carbonyl (C=O) groups excluding carboxylic acids is 2. The maximum absolute atomic E-state index is 12.4. The number of thioether (sulfide) groups is 1. The first kappa shape index (κ1) is 20.9. The zero-order valence-electron chi connectivity index (χ0n) is 15.9. The molecular weight excluding hydrogens is 412 g/mol. The van der Waals surface area contributed by atoms with Crippen LogP contribution in [-0.2, 0) is 16.1 Å². The smallest absolute Gasteiger partial charge is 0.339 e. The maximum Gasteiger partial charge on any atom is 0.339 e. The second-order valence-electron chi connectivity index (χ2n) is 5.93. The Morgan fingerprint density at radius 2 is 1.86 bits per heavy atom. The quantitative estimate of drug-likeness (QED) is 0.448. The van der Waals surface area contributed by atoms with Gasteiger partial charge in [0.25, 0.3) is 0 Å². The number of hydrogen-bond acceptors (Lipinski definition) is 6. The lowest BCUT2D eigenvalue weighted by Crippen LogP contribution is -2.17. The molecule has 1 aromatic heterocycles. The van der Waals surface area contributed by atoms with E-state index in [-0.39, 0.29) is 11.7 Å². The summed E-state index contributed by atoms with van der Waals surface area (Å²) in [6.45, 7) is 2.64. The highest BCUT2D eigenvalue weighted by Crippen LogP contribution is 2.25. The van der Waals surface area contributed by atoms with Crippen molar-refractivity contribution in [3.8, 4) is 11.4 Å². The molecule has 150 valence electrons. The molecule has 1 N–H and O–H groups in total. The third-order valence-corrected chi connectivity index (χ3v) is 5.29. The molecule has 9 heteroatoms. The lowest BCUT2D eigenvalue weighted by atomic mass is 10.2. The molecule has 29 heavy (non-hydrogen) atoms. The van der Waals surface area contributed by atoms with Gasteiger partial charge in [-0.05, 0) is 43.3 Å². The molecule has 3 rings (SSSR count). The van der Waals surface area contributed by atoms with Crippen LogP contribution in [0.3, 0.4) is 0 Å². The number of carbonyl (C=O) groups is 2. The summed E-state index contributed by atoms with van der Waals surface area (Å²) in [6.07, 6.45) is 0. The molecule has 0 aliphatic heterocycles. The van der Waals surface area contributed by atoms with Gasteiger partial charge in [0.1, 0.15) is 0 Å². The van der Waals surface area contributed by atoms with Crippen LogP contribution in [0, 0.1) is 0 Å². The van der Waals surface area contributed by atoms with Gasteiger partial charge in [0.05, 0.1) is 24.1 Å². The molecule has 0 bridgehead atoms. The monoisotopic (exact) mass is 430 g/mol. The fraction of sp³-hybridized carbons (Fsp3) is 0.200. The minimum absolute atomic E-state index is 0.119. The van der Waals surface area contributed by atoms with Gasteiger partial charge in [-0.2, -0.15) is 0 Å². The van der Waals surface area contributed by atoms with Crippen molar-refractivity contribution in [3.05, 3.63) is 59.1 Å². The minimum Gasteiger partial charge on any atom is -0.465 e. The average molecular weight is 431 g/mol. The highest BCUT2D eigenvalue weighted by Gasteiger charge is 2.16. The van der Waals surface area contributed by atoms with Crippen molar-refractivity contribution in [1.82, 2.24) is 14.8 Å². The third-order valence-electron chi connectivity index (χ3n) is 4.07. The Hall–Kier alpha value is -2.84. The average Bonchev–Trinajstić information content (AvgIpc) is 3.15. The molecule has 7 nitrogen and oxygen atoms in total. The molecule has 0 unspecified atom stereocenters. The van der Waals surface area contributed by atoms with Gasteiger partial charge in [0, 0.05) is 17.1 Å². The van der Waals surface area contributed by atoms with E-state index in [1.165, 1.54) is 18.9 Å². The van der Waals surface area contributed by atoms with Crippen molar-refractivity contribution in [2.24, 2.45) is 0 Å². The molecule has 2 aromatic carbocycles. The zero-order valence-corrected chi connectivity index (χ0v) is 17.5. The SMILES string of the molecule is CCn1c(SCC(=O)Nc2ccccc2C(=O)OC)nnc1-c1ccc(Cl)cc1. The van der Waals surface area contributed by atoms with Crippen LogP contribution in [0.2, 0.25) is 5.02 Å². The van der Waals surface area contributed by atoms with E-state index in [0.717, 1.165) is 5.56 Å². The number of anilines is 1. The van der Waals surface area contributed by atoms with Crippen LogP contribution >= 0.6 is 23.4 Å². The highest BCUT2D eigenvalue weighted by molar-refractivity contribution is 7.99. The Bertz CT molecular complexity index is 1020. The molecule has 0 aliphatic rings. The number of amides is 1.